The second-order valence-corrected chi connectivity index (χ2v) is 17.0. The van der Waals surface area contributed by atoms with Crippen molar-refractivity contribution in [2.75, 3.05) is 29.4 Å². The fourth-order valence-corrected chi connectivity index (χ4v) is 8.25. The number of hydrogen-bond donors (Lipinski definition) is 1. The summed E-state index contributed by atoms with van der Waals surface area (Å²) in [6.07, 6.45) is 2.43. The van der Waals surface area contributed by atoms with Crippen LogP contribution in [0.1, 0.15) is 81.1 Å². The molecule has 1 fully saturated rings. The number of pyridine rings is 1. The van der Waals surface area contributed by atoms with E-state index in [0.717, 1.165) is 41.0 Å². The summed E-state index contributed by atoms with van der Waals surface area (Å²) in [4.78, 5) is 33.0. The second-order valence-electron chi connectivity index (χ2n) is 15.3. The number of aryl methyl sites for hydroxylation is 2. The Kier molecular flexibility index (Phi) is 10.9. The van der Waals surface area contributed by atoms with Gasteiger partial charge in [-0.3, -0.25) is 4.79 Å². The molecule has 0 radical (unpaired) electrons. The molecule has 276 valence electrons. The van der Waals surface area contributed by atoms with Gasteiger partial charge in [-0.05, 0) is 93.8 Å². The van der Waals surface area contributed by atoms with Crippen LogP contribution in [0.4, 0.5) is 11.8 Å². The van der Waals surface area contributed by atoms with Crippen LogP contribution >= 0.6 is 0 Å². The Morgan fingerprint density at radius 1 is 0.942 bits per heavy atom. The minimum atomic E-state index is -4.18. The van der Waals surface area contributed by atoms with Gasteiger partial charge in [0.15, 0.2) is 0 Å². The van der Waals surface area contributed by atoms with Crippen molar-refractivity contribution in [1.82, 2.24) is 19.9 Å². The summed E-state index contributed by atoms with van der Waals surface area (Å²) in [5, 5.41) is 0. The number of anilines is 2. The van der Waals surface area contributed by atoms with Crippen molar-refractivity contribution >= 4 is 27.7 Å². The van der Waals surface area contributed by atoms with Gasteiger partial charge in [-0.2, -0.15) is 4.98 Å². The van der Waals surface area contributed by atoms with Crippen molar-refractivity contribution in [2.45, 2.75) is 97.3 Å². The minimum Gasteiger partial charge on any atom is -0.475 e. The number of fused-ring (bicyclic) bond motifs is 4. The van der Waals surface area contributed by atoms with Crippen LogP contribution < -0.4 is 14.4 Å². The first kappa shape index (κ1) is 37.2. The van der Waals surface area contributed by atoms with Crippen LogP contribution in [-0.4, -0.2) is 72.1 Å². The third kappa shape index (κ3) is 8.56. The van der Waals surface area contributed by atoms with Crippen molar-refractivity contribution < 1.29 is 22.7 Å². The minimum absolute atomic E-state index is 0.0716. The van der Waals surface area contributed by atoms with E-state index in [1.54, 1.807) is 23.1 Å². The number of amides is 1. The maximum Gasteiger partial charge on any atom is 0.264 e. The van der Waals surface area contributed by atoms with E-state index in [1.807, 2.05) is 50.2 Å². The number of hydrogen-bond acceptors (Lipinski definition) is 9. The van der Waals surface area contributed by atoms with Gasteiger partial charge >= 0.3 is 0 Å². The second kappa shape index (κ2) is 15.2. The summed E-state index contributed by atoms with van der Waals surface area (Å²) in [5.74, 6) is 0.621. The molecule has 0 unspecified atom stereocenters. The summed E-state index contributed by atoms with van der Waals surface area (Å²) >= 11 is 0. The molecule has 4 heterocycles. The van der Waals surface area contributed by atoms with Crippen molar-refractivity contribution in [2.24, 2.45) is 5.41 Å². The normalized spacial score (nSPS) is 18.1. The standard InChI is InChI=1S/C40H50N6O5S/c1-26(2)46(31-17-19-50-20-18-31)35-16-10-14-30(41-35)24-45-32(23-40(5,6)7)25-51-36-22-34(37-27(3)11-8-12-28(37)4)42-39(43-36)44-52(48,49)33-15-9-13-29(21-33)38(45)47/h8-16,21-22,26,31-32H,17-20,23-25H2,1-7H3,(H,42,43,44)/t32-/m1/s1. The molecule has 52 heavy (non-hydrogen) atoms. The Bertz CT molecular complexity index is 2000. The van der Waals surface area contributed by atoms with Crippen LogP contribution in [0.3, 0.4) is 0 Å². The molecule has 2 aliphatic heterocycles. The van der Waals surface area contributed by atoms with Crippen molar-refractivity contribution in [3.8, 4) is 17.1 Å². The Morgan fingerprint density at radius 3 is 2.33 bits per heavy atom. The Morgan fingerprint density at radius 2 is 1.63 bits per heavy atom. The van der Waals surface area contributed by atoms with Gasteiger partial charge in [0.05, 0.1) is 28.9 Å². The average molecular weight is 727 g/mol. The monoisotopic (exact) mass is 726 g/mol. The van der Waals surface area contributed by atoms with Gasteiger partial charge in [-0.1, -0.05) is 51.1 Å². The van der Waals surface area contributed by atoms with Crippen LogP contribution in [0.25, 0.3) is 11.3 Å². The van der Waals surface area contributed by atoms with E-state index in [1.165, 1.54) is 12.1 Å². The maximum atomic E-state index is 14.7. The van der Waals surface area contributed by atoms with Gasteiger partial charge in [0.25, 0.3) is 15.9 Å². The molecule has 1 saturated heterocycles. The lowest BCUT2D eigenvalue weighted by Crippen LogP contribution is -2.46. The molecular weight excluding hydrogens is 677 g/mol. The number of aromatic nitrogens is 3. The van der Waals surface area contributed by atoms with Gasteiger partial charge < -0.3 is 19.3 Å². The zero-order valence-electron chi connectivity index (χ0n) is 31.2. The van der Waals surface area contributed by atoms with E-state index in [0.29, 0.717) is 31.4 Å². The number of carbonyl (C=O) groups is 1. The first-order chi connectivity index (χ1) is 24.7. The molecular formula is C40H50N6O5S. The summed E-state index contributed by atoms with van der Waals surface area (Å²) < 4.78 is 42.2. The number of nitrogens with one attached hydrogen (secondary N) is 1. The number of ether oxygens (including phenoxy) is 2. The van der Waals surface area contributed by atoms with E-state index in [-0.39, 0.29) is 52.8 Å². The summed E-state index contributed by atoms with van der Waals surface area (Å²) in [5.41, 5.74) is 4.13. The van der Waals surface area contributed by atoms with Gasteiger partial charge in [-0.25, -0.2) is 23.1 Å². The molecule has 2 aromatic heterocycles. The van der Waals surface area contributed by atoms with Crippen LogP contribution in [0.2, 0.25) is 0 Å². The van der Waals surface area contributed by atoms with Gasteiger partial charge in [0.2, 0.25) is 11.8 Å². The highest BCUT2D eigenvalue weighted by Crippen LogP contribution is 2.32. The largest absolute Gasteiger partial charge is 0.475 e. The summed E-state index contributed by atoms with van der Waals surface area (Å²) in [6.45, 7) is 16.4. The number of carbonyl (C=O) groups excluding carboxylic acids is 1. The highest BCUT2D eigenvalue weighted by Gasteiger charge is 2.32. The third-order valence-electron chi connectivity index (χ3n) is 9.56. The van der Waals surface area contributed by atoms with Crippen LogP contribution in [-0.2, 0) is 21.3 Å². The lowest BCUT2D eigenvalue weighted by molar-refractivity contribution is 0.0509. The predicted octanol–water partition coefficient (Wildman–Crippen LogP) is 7.19. The zero-order valence-corrected chi connectivity index (χ0v) is 32.0. The molecule has 1 atom stereocenters. The maximum absolute atomic E-state index is 14.7. The summed E-state index contributed by atoms with van der Waals surface area (Å²) in [7, 11) is -4.18. The van der Waals surface area contributed by atoms with E-state index in [2.05, 4.69) is 54.2 Å². The molecule has 2 aliphatic rings. The van der Waals surface area contributed by atoms with E-state index in [9.17, 15) is 13.2 Å². The topological polar surface area (TPSA) is 127 Å². The fraction of sp³-hybridized carbons (Fsp3) is 0.450. The number of nitrogens with zero attached hydrogens (tertiary/aromatic N) is 5. The molecule has 4 aromatic rings. The molecule has 2 aromatic carbocycles. The van der Waals surface area contributed by atoms with Gasteiger partial charge in [-0.15, -0.1) is 0 Å². The van der Waals surface area contributed by atoms with Crippen molar-refractivity contribution in [1.29, 1.82) is 0 Å². The molecule has 0 spiro atoms. The third-order valence-corrected chi connectivity index (χ3v) is 10.9. The highest BCUT2D eigenvalue weighted by atomic mass is 32.2. The lowest BCUT2D eigenvalue weighted by atomic mass is 9.87. The number of benzene rings is 2. The summed E-state index contributed by atoms with van der Waals surface area (Å²) in [6, 6.07) is 19.8. The molecule has 0 saturated carbocycles. The lowest BCUT2D eigenvalue weighted by Gasteiger charge is -2.39. The zero-order chi connectivity index (χ0) is 37.2. The smallest absolute Gasteiger partial charge is 0.264 e. The van der Waals surface area contributed by atoms with Gasteiger partial charge in [0.1, 0.15) is 12.4 Å². The fourth-order valence-electron chi connectivity index (χ4n) is 7.26. The Balaban J connectivity index is 1.45. The Hall–Kier alpha value is -4.55. The van der Waals surface area contributed by atoms with Crippen molar-refractivity contribution in [3.63, 3.8) is 0 Å². The highest BCUT2D eigenvalue weighted by molar-refractivity contribution is 7.92. The predicted molar refractivity (Wildman–Crippen MR) is 203 cm³/mol. The van der Waals surface area contributed by atoms with Gasteiger partial charge in [0, 0.05) is 42.5 Å². The first-order valence-corrected chi connectivity index (χ1v) is 19.5. The SMILES string of the molecule is Cc1cccc(C)c1-c1cc2nc(n1)NS(=O)(=O)c1cccc(c1)C(=O)N(Cc1cccc(N(C(C)C)C3CCOCC3)n1)[C@H](CC(C)(C)C)CO2. The van der Waals surface area contributed by atoms with E-state index < -0.39 is 16.1 Å². The Labute approximate surface area is 307 Å². The van der Waals surface area contributed by atoms with Crippen LogP contribution in [0.5, 0.6) is 5.88 Å². The van der Waals surface area contributed by atoms with E-state index in [4.69, 9.17) is 14.5 Å². The van der Waals surface area contributed by atoms with Crippen molar-refractivity contribution in [3.05, 3.63) is 89.1 Å². The number of sulfonamides is 1. The molecule has 0 aliphatic carbocycles. The first-order valence-electron chi connectivity index (χ1n) is 18.0. The molecule has 4 bridgehead atoms. The average Bonchev–Trinajstić information content (AvgIpc) is 3.08. The molecule has 12 heteroatoms. The number of rotatable bonds is 7. The molecule has 1 amide bonds. The molecule has 1 N–H and O–H groups in total. The van der Waals surface area contributed by atoms with Crippen LogP contribution in [0, 0.1) is 19.3 Å². The quantitative estimate of drug-likeness (QED) is 0.211. The molecule has 11 nitrogen and oxygen atoms in total. The molecule has 6 rings (SSSR count). The van der Waals surface area contributed by atoms with Crippen LogP contribution in [0.15, 0.2) is 71.6 Å². The van der Waals surface area contributed by atoms with E-state index >= 15 is 0 Å².